The topological polar surface area (TPSA) is 35.5 Å². The first-order chi connectivity index (χ1) is 15.7. The maximum Gasteiger partial charge on any atom is 0.416 e. The molecule has 1 heterocycles. The van der Waals surface area contributed by atoms with Crippen LogP contribution in [0.3, 0.4) is 0 Å². The minimum Gasteiger partial charge on any atom is -0.494 e. The summed E-state index contributed by atoms with van der Waals surface area (Å²) in [5, 5.41) is 0.895. The Kier molecular flexibility index (Phi) is 8.40. The molecule has 1 aromatic heterocycles. The number of rotatable bonds is 10. The highest BCUT2D eigenvalue weighted by atomic mass is 32.1. The van der Waals surface area contributed by atoms with Gasteiger partial charge < -0.3 is 9.47 Å². The molecule has 2 aromatic carbocycles. The fourth-order valence-corrected chi connectivity index (χ4v) is 5.35. The van der Waals surface area contributed by atoms with E-state index in [1.54, 1.807) is 6.07 Å². The third-order valence-electron chi connectivity index (χ3n) is 5.81. The lowest BCUT2D eigenvalue weighted by Gasteiger charge is -2.17. The minimum absolute atomic E-state index is 0.219. The second-order valence-corrected chi connectivity index (χ2v) is 9.26. The summed E-state index contributed by atoms with van der Waals surface area (Å²) < 4.78 is 50.7. The first-order valence-corrected chi connectivity index (χ1v) is 11.9. The Morgan fingerprint density at radius 1 is 1.09 bits per heavy atom. The van der Waals surface area contributed by atoms with Crippen LogP contribution >= 0.6 is 11.3 Å². The zero-order valence-corrected chi connectivity index (χ0v) is 19.9. The van der Waals surface area contributed by atoms with Crippen LogP contribution in [0.4, 0.5) is 13.2 Å². The minimum atomic E-state index is -4.34. The number of benzene rings is 2. The van der Waals surface area contributed by atoms with Gasteiger partial charge in [0.15, 0.2) is 0 Å². The summed E-state index contributed by atoms with van der Waals surface area (Å²) in [6.45, 7) is 4.64. The Hall–Kier alpha value is -2.54. The van der Waals surface area contributed by atoms with Crippen LogP contribution < -0.4 is 4.74 Å². The molecule has 178 valence electrons. The Morgan fingerprint density at radius 2 is 1.82 bits per heavy atom. The van der Waals surface area contributed by atoms with Crippen molar-refractivity contribution in [2.24, 2.45) is 0 Å². The van der Waals surface area contributed by atoms with Crippen molar-refractivity contribution in [1.82, 2.24) is 0 Å². The Balaban J connectivity index is 1.71. The number of halogens is 3. The lowest BCUT2D eigenvalue weighted by molar-refractivity contribution is -0.140. The number of aryl methyl sites for hydroxylation is 1. The summed E-state index contributed by atoms with van der Waals surface area (Å²) in [6, 6.07) is 11.4. The average Bonchev–Trinajstić information content (AvgIpc) is 3.12. The fourth-order valence-electron chi connectivity index (χ4n) is 3.93. The van der Waals surface area contributed by atoms with Crippen molar-refractivity contribution in [3.8, 4) is 5.75 Å². The van der Waals surface area contributed by atoms with Gasteiger partial charge in [0.2, 0.25) is 0 Å². The number of methoxy groups -OCH3 is 1. The molecule has 0 saturated heterocycles. The van der Waals surface area contributed by atoms with E-state index in [0.717, 1.165) is 52.8 Å². The number of hydrogen-bond donors (Lipinski definition) is 0. The second-order valence-electron chi connectivity index (χ2n) is 8.17. The first-order valence-electron chi connectivity index (χ1n) is 11.1. The molecule has 3 nitrogen and oxygen atoms in total. The monoisotopic (exact) mass is 478 g/mol. The van der Waals surface area contributed by atoms with Gasteiger partial charge in [-0.05, 0) is 66.5 Å². The quantitative estimate of drug-likeness (QED) is 0.280. The third kappa shape index (κ3) is 6.50. The molecule has 1 atom stereocenters. The molecule has 7 heteroatoms. The van der Waals surface area contributed by atoms with Crippen molar-refractivity contribution in [2.45, 2.75) is 58.0 Å². The molecule has 0 fully saturated rings. The van der Waals surface area contributed by atoms with Gasteiger partial charge in [-0.25, -0.2) is 0 Å². The van der Waals surface area contributed by atoms with E-state index in [-0.39, 0.29) is 18.3 Å². The van der Waals surface area contributed by atoms with Crippen LogP contribution in [0.15, 0.2) is 42.5 Å². The summed E-state index contributed by atoms with van der Waals surface area (Å²) in [5.41, 5.74) is 1.32. The van der Waals surface area contributed by atoms with Gasteiger partial charge in [0, 0.05) is 9.58 Å². The number of ether oxygens (including phenoxy) is 2. The standard InChI is InChI=1S/C26H29F3O3S/c1-4-5-6-19(13-14-32-21-10-7-18(8-11-21)15-24(30)31-3)25-17(2)22-12-9-20(26(27,28)29)16-23(22)33-25/h7-12,16,19H,4-6,13-15H2,1-3H3. The van der Waals surface area contributed by atoms with Gasteiger partial charge in [-0.1, -0.05) is 38.0 Å². The summed E-state index contributed by atoms with van der Waals surface area (Å²) in [5.74, 6) is 0.666. The van der Waals surface area contributed by atoms with Crippen LogP contribution in [-0.2, 0) is 22.1 Å². The SMILES string of the molecule is CCCCC(CCOc1ccc(CC(=O)OC)cc1)c1sc2cc(C(F)(F)F)ccc2c1C. The van der Waals surface area contributed by atoms with E-state index in [4.69, 9.17) is 4.74 Å². The Morgan fingerprint density at radius 3 is 2.45 bits per heavy atom. The van der Waals surface area contributed by atoms with Crippen molar-refractivity contribution in [3.05, 3.63) is 64.0 Å². The molecule has 3 aromatic rings. The molecule has 0 radical (unpaired) electrons. The van der Waals surface area contributed by atoms with E-state index in [0.29, 0.717) is 11.3 Å². The lowest BCUT2D eigenvalue weighted by Crippen LogP contribution is -2.07. The zero-order chi connectivity index (χ0) is 24.0. The highest BCUT2D eigenvalue weighted by molar-refractivity contribution is 7.19. The van der Waals surface area contributed by atoms with Gasteiger partial charge in [0.25, 0.3) is 0 Å². The average molecular weight is 479 g/mol. The van der Waals surface area contributed by atoms with Crippen molar-refractivity contribution >= 4 is 27.4 Å². The van der Waals surface area contributed by atoms with Gasteiger partial charge in [-0.3, -0.25) is 4.79 Å². The van der Waals surface area contributed by atoms with Crippen molar-refractivity contribution < 1.29 is 27.4 Å². The van der Waals surface area contributed by atoms with Crippen LogP contribution in [0.2, 0.25) is 0 Å². The maximum absolute atomic E-state index is 13.1. The fraction of sp³-hybridized carbons (Fsp3) is 0.423. The molecule has 0 aliphatic heterocycles. The first kappa shape index (κ1) is 25.1. The third-order valence-corrected chi connectivity index (χ3v) is 7.23. The molecule has 33 heavy (non-hydrogen) atoms. The summed E-state index contributed by atoms with van der Waals surface area (Å²) in [7, 11) is 1.36. The van der Waals surface area contributed by atoms with E-state index in [1.165, 1.54) is 30.6 Å². The number of fused-ring (bicyclic) bond motifs is 1. The number of esters is 1. The van der Waals surface area contributed by atoms with E-state index in [1.807, 2.05) is 31.2 Å². The van der Waals surface area contributed by atoms with Crippen LogP contribution in [0, 0.1) is 6.92 Å². The molecule has 3 rings (SSSR count). The number of unbranched alkanes of at least 4 members (excludes halogenated alkanes) is 1. The van der Waals surface area contributed by atoms with Gasteiger partial charge in [0.05, 0.1) is 25.7 Å². The lowest BCUT2D eigenvalue weighted by atomic mass is 9.94. The van der Waals surface area contributed by atoms with Crippen molar-refractivity contribution in [3.63, 3.8) is 0 Å². The molecule has 1 unspecified atom stereocenters. The van der Waals surface area contributed by atoms with Crippen molar-refractivity contribution in [1.29, 1.82) is 0 Å². The van der Waals surface area contributed by atoms with Crippen LogP contribution in [0.25, 0.3) is 10.1 Å². The van der Waals surface area contributed by atoms with E-state index < -0.39 is 11.7 Å². The second kappa shape index (κ2) is 11.1. The predicted octanol–water partition coefficient (Wildman–Crippen LogP) is 7.69. The molecule has 0 bridgehead atoms. The molecule has 0 aliphatic carbocycles. The highest BCUT2D eigenvalue weighted by Gasteiger charge is 2.31. The Bertz CT molecular complexity index is 1070. The number of carbonyl (C=O) groups excluding carboxylic acids is 1. The molecular formula is C26H29F3O3S. The highest BCUT2D eigenvalue weighted by Crippen LogP contribution is 2.41. The zero-order valence-electron chi connectivity index (χ0n) is 19.1. The number of carbonyl (C=O) groups is 1. The normalized spacial score (nSPS) is 12.7. The molecular weight excluding hydrogens is 449 g/mol. The number of alkyl halides is 3. The molecule has 0 N–H and O–H groups in total. The molecule has 0 aliphatic rings. The van der Waals surface area contributed by atoms with Crippen LogP contribution in [0.1, 0.15) is 60.1 Å². The molecule has 0 saturated carbocycles. The summed E-state index contributed by atoms with van der Waals surface area (Å²) in [6.07, 6.45) is -0.262. The number of thiophene rings is 1. The number of hydrogen-bond acceptors (Lipinski definition) is 4. The van der Waals surface area contributed by atoms with Crippen LogP contribution in [-0.4, -0.2) is 19.7 Å². The largest absolute Gasteiger partial charge is 0.494 e. The van der Waals surface area contributed by atoms with Crippen LogP contribution in [0.5, 0.6) is 5.75 Å². The Labute approximate surface area is 196 Å². The smallest absolute Gasteiger partial charge is 0.416 e. The predicted molar refractivity (Wildman–Crippen MR) is 126 cm³/mol. The van der Waals surface area contributed by atoms with Gasteiger partial charge in [-0.2, -0.15) is 13.2 Å². The maximum atomic E-state index is 13.1. The molecule has 0 amide bonds. The van der Waals surface area contributed by atoms with Gasteiger partial charge in [-0.15, -0.1) is 11.3 Å². The van der Waals surface area contributed by atoms with Gasteiger partial charge >= 0.3 is 12.1 Å². The van der Waals surface area contributed by atoms with Crippen molar-refractivity contribution in [2.75, 3.05) is 13.7 Å². The summed E-state index contributed by atoms with van der Waals surface area (Å²) >= 11 is 1.47. The van der Waals surface area contributed by atoms with Gasteiger partial charge in [0.1, 0.15) is 5.75 Å². The summed E-state index contributed by atoms with van der Waals surface area (Å²) in [4.78, 5) is 12.5. The molecule has 0 spiro atoms. The van der Waals surface area contributed by atoms with E-state index in [2.05, 4.69) is 11.7 Å². The van der Waals surface area contributed by atoms with E-state index in [9.17, 15) is 18.0 Å². The van der Waals surface area contributed by atoms with E-state index >= 15 is 0 Å².